The third kappa shape index (κ3) is 3.54. The molecular formula is C12H18ClN3O2. The summed E-state index contributed by atoms with van der Waals surface area (Å²) in [5.74, 6) is 1.48. The highest BCUT2D eigenvalue weighted by Gasteiger charge is 2.30. The van der Waals surface area contributed by atoms with Crippen molar-refractivity contribution in [2.75, 3.05) is 32.3 Å². The molecule has 0 aliphatic heterocycles. The molecule has 1 aromatic rings. The van der Waals surface area contributed by atoms with Gasteiger partial charge in [-0.1, -0.05) is 11.6 Å². The van der Waals surface area contributed by atoms with Gasteiger partial charge in [0.25, 0.3) is 0 Å². The van der Waals surface area contributed by atoms with Crippen LogP contribution in [-0.2, 0) is 16.1 Å². The number of halogens is 1. The first-order valence-electron chi connectivity index (χ1n) is 6.02. The van der Waals surface area contributed by atoms with Crippen molar-refractivity contribution >= 4 is 17.4 Å². The summed E-state index contributed by atoms with van der Waals surface area (Å²) in [6, 6.07) is 2.36. The van der Waals surface area contributed by atoms with E-state index in [1.54, 1.807) is 20.3 Å². The van der Waals surface area contributed by atoms with E-state index in [-0.39, 0.29) is 0 Å². The Morgan fingerprint density at radius 2 is 2.11 bits per heavy atom. The van der Waals surface area contributed by atoms with E-state index in [9.17, 15) is 0 Å². The zero-order valence-electron chi connectivity index (χ0n) is 10.7. The van der Waals surface area contributed by atoms with Crippen LogP contribution in [0.1, 0.15) is 18.7 Å². The Morgan fingerprint density at radius 3 is 2.72 bits per heavy atom. The summed E-state index contributed by atoms with van der Waals surface area (Å²) < 4.78 is 10.2. The SMILES string of the molecule is COCCN(c1cc(Cl)nc(COC)n1)C1CC1. The Bertz CT molecular complexity index is 399. The minimum absolute atomic E-state index is 0.371. The number of aromatic nitrogens is 2. The van der Waals surface area contributed by atoms with E-state index in [4.69, 9.17) is 21.1 Å². The number of anilines is 1. The number of ether oxygens (including phenoxy) is 2. The molecule has 6 heteroatoms. The van der Waals surface area contributed by atoms with Gasteiger partial charge in [-0.05, 0) is 12.8 Å². The zero-order chi connectivity index (χ0) is 13.0. The normalized spacial score (nSPS) is 14.8. The van der Waals surface area contributed by atoms with Crippen LogP contribution in [-0.4, -0.2) is 43.4 Å². The quantitative estimate of drug-likeness (QED) is 0.709. The van der Waals surface area contributed by atoms with Crippen molar-refractivity contribution in [3.8, 4) is 0 Å². The second-order valence-electron chi connectivity index (χ2n) is 4.32. The fourth-order valence-corrected chi connectivity index (χ4v) is 2.05. The Hall–Kier alpha value is -0.910. The summed E-state index contributed by atoms with van der Waals surface area (Å²) >= 11 is 6.02. The van der Waals surface area contributed by atoms with Crippen molar-refractivity contribution in [2.45, 2.75) is 25.5 Å². The number of hydrogen-bond acceptors (Lipinski definition) is 5. The maximum Gasteiger partial charge on any atom is 0.158 e. The van der Waals surface area contributed by atoms with Crippen molar-refractivity contribution in [1.29, 1.82) is 0 Å². The molecule has 1 aromatic heterocycles. The summed E-state index contributed by atoms with van der Waals surface area (Å²) in [4.78, 5) is 10.9. The molecule has 0 bridgehead atoms. The molecule has 0 spiro atoms. The third-order valence-corrected chi connectivity index (χ3v) is 3.01. The Balaban J connectivity index is 2.17. The first-order valence-corrected chi connectivity index (χ1v) is 6.40. The molecule has 0 radical (unpaired) electrons. The van der Waals surface area contributed by atoms with Crippen molar-refractivity contribution in [2.24, 2.45) is 0 Å². The molecule has 100 valence electrons. The summed E-state index contributed by atoms with van der Waals surface area (Å²) in [5.41, 5.74) is 0. The van der Waals surface area contributed by atoms with Gasteiger partial charge in [0.2, 0.25) is 0 Å². The number of nitrogens with zero attached hydrogens (tertiary/aromatic N) is 3. The fraction of sp³-hybridized carbons (Fsp3) is 0.667. The van der Waals surface area contributed by atoms with Crippen LogP contribution < -0.4 is 4.90 Å². The highest BCUT2D eigenvalue weighted by atomic mass is 35.5. The molecular weight excluding hydrogens is 254 g/mol. The summed E-state index contributed by atoms with van der Waals surface area (Å²) in [6.07, 6.45) is 2.40. The van der Waals surface area contributed by atoms with Crippen molar-refractivity contribution < 1.29 is 9.47 Å². The minimum Gasteiger partial charge on any atom is -0.383 e. The molecule has 18 heavy (non-hydrogen) atoms. The van der Waals surface area contributed by atoms with Crippen LogP contribution >= 0.6 is 11.6 Å². The fourth-order valence-electron chi connectivity index (χ4n) is 1.85. The summed E-state index contributed by atoms with van der Waals surface area (Å²) in [6.45, 7) is 1.87. The molecule has 0 N–H and O–H groups in total. The molecule has 1 saturated carbocycles. The molecule has 0 unspecified atom stereocenters. The van der Waals surface area contributed by atoms with Gasteiger partial charge in [0.1, 0.15) is 17.6 Å². The number of methoxy groups -OCH3 is 2. The van der Waals surface area contributed by atoms with E-state index in [0.717, 1.165) is 12.4 Å². The lowest BCUT2D eigenvalue weighted by Crippen LogP contribution is -2.30. The molecule has 1 aliphatic carbocycles. The molecule has 0 atom stereocenters. The molecule has 1 fully saturated rings. The maximum absolute atomic E-state index is 6.02. The van der Waals surface area contributed by atoms with Crippen molar-refractivity contribution in [3.05, 3.63) is 17.0 Å². The summed E-state index contributed by atoms with van der Waals surface area (Å²) in [7, 11) is 3.32. The maximum atomic E-state index is 6.02. The highest BCUT2D eigenvalue weighted by molar-refractivity contribution is 6.29. The van der Waals surface area contributed by atoms with E-state index in [1.165, 1.54) is 12.8 Å². The van der Waals surface area contributed by atoms with Gasteiger partial charge < -0.3 is 14.4 Å². The first-order chi connectivity index (χ1) is 8.74. The van der Waals surface area contributed by atoms with Gasteiger partial charge >= 0.3 is 0 Å². The monoisotopic (exact) mass is 271 g/mol. The Labute approximate surface area is 112 Å². The topological polar surface area (TPSA) is 47.5 Å². The molecule has 1 heterocycles. The molecule has 0 aromatic carbocycles. The van der Waals surface area contributed by atoms with Crippen LogP contribution in [0.2, 0.25) is 5.15 Å². The van der Waals surface area contributed by atoms with Crippen LogP contribution in [0.4, 0.5) is 5.82 Å². The average molecular weight is 272 g/mol. The zero-order valence-corrected chi connectivity index (χ0v) is 11.5. The molecule has 1 aliphatic rings. The van der Waals surface area contributed by atoms with Gasteiger partial charge in [-0.3, -0.25) is 0 Å². The van der Waals surface area contributed by atoms with Gasteiger partial charge in [-0.15, -0.1) is 0 Å². The van der Waals surface area contributed by atoms with E-state index in [0.29, 0.717) is 30.2 Å². The molecule has 5 nitrogen and oxygen atoms in total. The van der Waals surface area contributed by atoms with Gasteiger partial charge in [0.15, 0.2) is 5.82 Å². The molecule has 0 amide bonds. The summed E-state index contributed by atoms with van der Waals surface area (Å²) in [5, 5.41) is 0.454. The van der Waals surface area contributed by atoms with Gasteiger partial charge in [-0.2, -0.15) is 0 Å². The number of hydrogen-bond donors (Lipinski definition) is 0. The average Bonchev–Trinajstić information content (AvgIpc) is 3.14. The second kappa shape index (κ2) is 6.31. The second-order valence-corrected chi connectivity index (χ2v) is 4.70. The lowest BCUT2D eigenvalue weighted by molar-refractivity contribution is 0.177. The predicted octanol–water partition coefficient (Wildman–Crippen LogP) is 1.89. The van der Waals surface area contributed by atoms with Crippen LogP contribution in [0, 0.1) is 0 Å². The van der Waals surface area contributed by atoms with E-state index < -0.39 is 0 Å². The van der Waals surface area contributed by atoms with E-state index >= 15 is 0 Å². The molecule has 2 rings (SSSR count). The Morgan fingerprint density at radius 1 is 1.33 bits per heavy atom. The minimum atomic E-state index is 0.371. The van der Waals surface area contributed by atoms with E-state index in [2.05, 4.69) is 14.9 Å². The predicted molar refractivity (Wildman–Crippen MR) is 70.0 cm³/mol. The van der Waals surface area contributed by atoms with Crippen LogP contribution in [0.3, 0.4) is 0 Å². The highest BCUT2D eigenvalue weighted by Crippen LogP contribution is 2.31. The first kappa shape index (κ1) is 13.5. The lowest BCUT2D eigenvalue weighted by atomic mass is 10.4. The van der Waals surface area contributed by atoms with Gasteiger partial charge in [0.05, 0.1) is 6.61 Å². The van der Waals surface area contributed by atoms with Gasteiger partial charge in [-0.25, -0.2) is 9.97 Å². The number of rotatable bonds is 7. The van der Waals surface area contributed by atoms with Crippen LogP contribution in [0.15, 0.2) is 6.07 Å². The van der Waals surface area contributed by atoms with Crippen LogP contribution in [0.25, 0.3) is 0 Å². The van der Waals surface area contributed by atoms with Gasteiger partial charge in [0, 0.05) is 32.9 Å². The van der Waals surface area contributed by atoms with Crippen LogP contribution in [0.5, 0.6) is 0 Å². The van der Waals surface area contributed by atoms with Crippen molar-refractivity contribution in [1.82, 2.24) is 9.97 Å². The smallest absolute Gasteiger partial charge is 0.158 e. The van der Waals surface area contributed by atoms with Crippen molar-refractivity contribution in [3.63, 3.8) is 0 Å². The lowest BCUT2D eigenvalue weighted by Gasteiger charge is -2.23. The largest absolute Gasteiger partial charge is 0.383 e. The standard InChI is InChI=1S/C12H18ClN3O2/c1-17-6-5-16(9-3-4-9)12-7-10(13)14-11(15-12)8-18-2/h7,9H,3-6,8H2,1-2H3. The van der Waals surface area contributed by atoms with E-state index in [1.807, 2.05) is 0 Å². The molecule has 0 saturated heterocycles. The Kier molecular flexibility index (Phi) is 4.74. The third-order valence-electron chi connectivity index (χ3n) is 2.82.